The molecule has 2 aliphatic rings. The van der Waals surface area contributed by atoms with Crippen molar-refractivity contribution in [2.24, 2.45) is 16.6 Å². The van der Waals surface area contributed by atoms with Gasteiger partial charge in [-0.1, -0.05) is 42.5 Å². The average molecular weight is 1100 g/mol. The van der Waals surface area contributed by atoms with Crippen LogP contribution in [0, 0.1) is 29.4 Å². The van der Waals surface area contributed by atoms with Crippen molar-refractivity contribution in [3.63, 3.8) is 0 Å². The van der Waals surface area contributed by atoms with Gasteiger partial charge in [-0.15, -0.1) is 11.8 Å². The normalized spacial score (nSPS) is 17.7. The standard InChI is InChI=1S/C40H38ClF10N7OS2.C7H13NO2.CH4O/c1-20-17-38(44,45)35(30(20)34(52)40(49,50)51)53-18-29(59)55-28(15-21-13-22(42)16-23(43)14-21)32-25(8-7-24(54-32)11-12-37(2,3)60-5)26-9-10-27(41)31-33(26)58(19-39(46,47)48)56-36(31)57(4)61-6;9-5-1-2-8-3-6-10-7-4-8;1-2/h7-10,13-14,16,20,28H,15,17-19,52H2,1-6H3,(H,55,59);5H,1-4,6-7H2;2H,1H3/b34-30-,53-35?;;/t20-,28?;;/m0../s1. The number of anilines is 1. The molecule has 1 aliphatic carbocycles. The van der Waals surface area contributed by atoms with Crippen LogP contribution in [-0.2, 0) is 27.3 Å². The van der Waals surface area contributed by atoms with E-state index in [2.05, 4.69) is 32.1 Å². The molecule has 1 saturated carbocycles. The molecule has 12 nitrogen and oxygen atoms in total. The number of nitrogens with zero attached hydrogens (tertiary/aromatic N) is 6. The fourth-order valence-corrected chi connectivity index (χ4v) is 8.46. The Hall–Kier alpha value is -5.06. The van der Waals surface area contributed by atoms with Gasteiger partial charge < -0.3 is 30.0 Å². The summed E-state index contributed by atoms with van der Waals surface area (Å²) in [5.41, 5.74) is 1.19. The summed E-state index contributed by atoms with van der Waals surface area (Å²) in [6.45, 7) is 6.54. The number of aliphatic imine (C=N–C) groups is 1. The number of aromatic nitrogens is 3. The van der Waals surface area contributed by atoms with Crippen LogP contribution in [-0.4, -0.2) is 132 Å². The van der Waals surface area contributed by atoms with Gasteiger partial charge in [0.15, 0.2) is 5.82 Å². The molecule has 2 fully saturated rings. The lowest BCUT2D eigenvalue weighted by Gasteiger charge is -2.25. The number of thioether (sulfide) groups is 1. The number of alkyl halides is 8. The molecule has 4 aromatic rings. The monoisotopic (exact) mass is 1100 g/mol. The second kappa shape index (κ2) is 25.9. The first-order valence-electron chi connectivity index (χ1n) is 22.2. The van der Waals surface area contributed by atoms with E-state index >= 15 is 8.78 Å². The summed E-state index contributed by atoms with van der Waals surface area (Å²) in [6.07, 6.45) is -6.37. The number of amides is 1. The number of nitrogens with one attached hydrogen (secondary N) is 1. The van der Waals surface area contributed by atoms with E-state index in [1.807, 2.05) is 20.1 Å². The van der Waals surface area contributed by atoms with Crippen molar-refractivity contribution in [3.05, 3.63) is 87.3 Å². The largest absolute Gasteiger partial charge is 0.431 e. The highest BCUT2D eigenvalue weighted by molar-refractivity contribution is 8.00. The number of benzene rings is 2. The predicted octanol–water partition coefficient (Wildman–Crippen LogP) is 9.61. The Morgan fingerprint density at radius 3 is 2.27 bits per heavy atom. The number of hydrogen-bond donors (Lipinski definition) is 3. The van der Waals surface area contributed by atoms with Crippen molar-refractivity contribution in [1.29, 1.82) is 0 Å². The van der Waals surface area contributed by atoms with Gasteiger partial charge in [0, 0.05) is 75.7 Å². The molecule has 3 heterocycles. The van der Waals surface area contributed by atoms with Gasteiger partial charge in [0.05, 0.1) is 45.6 Å². The van der Waals surface area contributed by atoms with E-state index in [9.17, 15) is 44.7 Å². The molecule has 6 rings (SSSR count). The Morgan fingerprint density at radius 1 is 1.07 bits per heavy atom. The van der Waals surface area contributed by atoms with Crippen LogP contribution in [0.2, 0.25) is 5.02 Å². The molecule has 0 radical (unpaired) electrons. The molecule has 4 N–H and O–H groups in total. The third-order valence-corrected chi connectivity index (χ3v) is 13.4. The van der Waals surface area contributed by atoms with Gasteiger partial charge in [0.2, 0.25) is 5.91 Å². The number of morpholine rings is 1. The van der Waals surface area contributed by atoms with Crippen molar-refractivity contribution in [3.8, 4) is 23.0 Å². The molecule has 0 bridgehead atoms. The third kappa shape index (κ3) is 16.5. The van der Waals surface area contributed by atoms with Crippen molar-refractivity contribution in [2.45, 2.75) is 75.6 Å². The number of ether oxygens (including phenoxy) is 1. The highest BCUT2D eigenvalue weighted by atomic mass is 35.5. The topological polar surface area (TPSA) is 151 Å². The van der Waals surface area contributed by atoms with Gasteiger partial charge in [-0.05, 0) is 74.3 Å². The van der Waals surface area contributed by atoms with Crippen LogP contribution in [0.1, 0.15) is 56.6 Å². The summed E-state index contributed by atoms with van der Waals surface area (Å²) >= 11 is 9.19. The van der Waals surface area contributed by atoms with Crippen LogP contribution < -0.4 is 15.4 Å². The Bertz CT molecular complexity index is 2680. The highest BCUT2D eigenvalue weighted by Gasteiger charge is 2.52. The van der Waals surface area contributed by atoms with E-state index in [4.69, 9.17) is 32.2 Å². The van der Waals surface area contributed by atoms with Gasteiger partial charge in [-0.3, -0.25) is 19.4 Å². The SMILES string of the molecule is CO.CSN(C)c1nn(CC(F)(F)F)c2c(-c3ccc(C#CC(C)(C)SC)nc3C(Cc3cc(F)cc(F)c3)NC(=O)CN=C3/C(=C(\N)C(F)(F)F)[C@@H](C)CC3(F)F)ccc(Cl)c12.O=CCCN1CCOCC1. The molecular formula is C48H55ClF10N8O4S2. The number of allylic oxidation sites excluding steroid dienone is 2. The Labute approximate surface area is 429 Å². The summed E-state index contributed by atoms with van der Waals surface area (Å²) < 4.78 is 150. The molecule has 2 atom stereocenters. The summed E-state index contributed by atoms with van der Waals surface area (Å²) in [7, 11) is 2.56. The third-order valence-electron chi connectivity index (χ3n) is 11.3. The first kappa shape index (κ1) is 60.5. The summed E-state index contributed by atoms with van der Waals surface area (Å²) in [4.78, 5) is 34.4. The molecule has 1 amide bonds. The average Bonchev–Trinajstić information content (AvgIpc) is 3.81. The van der Waals surface area contributed by atoms with Crippen molar-refractivity contribution < 1.29 is 63.3 Å². The number of carbonyl (C=O) groups excluding carboxylic acids is 2. The summed E-state index contributed by atoms with van der Waals surface area (Å²) in [5.74, 6) is -2.35. The van der Waals surface area contributed by atoms with E-state index < -0.39 is 95.4 Å². The Balaban J connectivity index is 0.000000850. The maximum atomic E-state index is 15.1. The van der Waals surface area contributed by atoms with Crippen LogP contribution in [0.4, 0.5) is 49.7 Å². The zero-order valence-corrected chi connectivity index (χ0v) is 43.1. The van der Waals surface area contributed by atoms with Gasteiger partial charge in [0.1, 0.15) is 48.1 Å². The molecule has 400 valence electrons. The number of carbonyl (C=O) groups is 2. The minimum Gasteiger partial charge on any atom is -0.400 e. The van der Waals surface area contributed by atoms with Crippen molar-refractivity contribution in [2.75, 3.05) is 70.4 Å². The molecule has 1 aliphatic heterocycles. The number of nitrogens with two attached hydrogens (primary N) is 1. The maximum absolute atomic E-state index is 15.1. The summed E-state index contributed by atoms with van der Waals surface area (Å²) in [5, 5.41) is 14.0. The fraction of sp³-hybridized carbons (Fsp3) is 0.479. The number of pyridine rings is 1. The Morgan fingerprint density at radius 2 is 1.70 bits per heavy atom. The smallest absolute Gasteiger partial charge is 0.400 e. The minimum absolute atomic E-state index is 0.0381. The number of aliphatic hydroxyl groups excluding tert-OH is 1. The molecular weight excluding hydrogens is 1040 g/mol. The lowest BCUT2D eigenvalue weighted by atomic mass is 9.93. The van der Waals surface area contributed by atoms with E-state index in [1.165, 1.54) is 40.3 Å². The van der Waals surface area contributed by atoms with E-state index in [1.54, 1.807) is 13.3 Å². The lowest BCUT2D eigenvalue weighted by Crippen LogP contribution is -2.36. The van der Waals surface area contributed by atoms with Crippen LogP contribution in [0.25, 0.3) is 22.0 Å². The quantitative estimate of drug-likeness (QED) is 0.0480. The number of fused-ring (bicyclic) bond motifs is 1. The zero-order chi connectivity index (χ0) is 54.6. The zero-order valence-electron chi connectivity index (χ0n) is 40.8. The van der Waals surface area contributed by atoms with E-state index in [-0.39, 0.29) is 49.8 Å². The lowest BCUT2D eigenvalue weighted by molar-refractivity contribution is -0.141. The first-order valence-corrected chi connectivity index (χ1v) is 25.0. The molecule has 2 aromatic heterocycles. The maximum Gasteiger partial charge on any atom is 0.431 e. The second-order valence-corrected chi connectivity index (χ2v) is 19.7. The van der Waals surface area contributed by atoms with Gasteiger partial charge in [-0.2, -0.15) is 40.2 Å². The molecule has 2 aromatic carbocycles. The van der Waals surface area contributed by atoms with Crippen LogP contribution in [0.5, 0.6) is 0 Å². The predicted molar refractivity (Wildman–Crippen MR) is 266 cm³/mol. The Kier molecular flexibility index (Phi) is 21.5. The molecule has 1 saturated heterocycles. The van der Waals surface area contributed by atoms with Gasteiger partial charge in [-0.25, -0.2) is 13.8 Å². The molecule has 0 spiro atoms. The number of halogens is 11. The van der Waals surface area contributed by atoms with Gasteiger partial charge in [0.25, 0.3) is 5.92 Å². The van der Waals surface area contributed by atoms with Crippen molar-refractivity contribution >= 4 is 69.9 Å². The van der Waals surface area contributed by atoms with Crippen molar-refractivity contribution in [1.82, 2.24) is 25.0 Å². The number of rotatable bonds is 14. The highest BCUT2D eigenvalue weighted by Crippen LogP contribution is 2.45. The molecule has 25 heteroatoms. The molecule has 1 unspecified atom stereocenters. The first-order chi connectivity index (χ1) is 34.2. The summed E-state index contributed by atoms with van der Waals surface area (Å²) in [6, 6.07) is 6.79. The van der Waals surface area contributed by atoms with Crippen LogP contribution in [0.15, 0.2) is 58.7 Å². The number of aliphatic hydroxyl groups is 1. The number of hydrogen-bond acceptors (Lipinski definition) is 12. The van der Waals surface area contributed by atoms with Gasteiger partial charge >= 0.3 is 12.4 Å². The molecule has 73 heavy (non-hydrogen) atoms. The van der Waals surface area contributed by atoms with E-state index in [0.717, 1.165) is 77.2 Å². The minimum atomic E-state index is -5.19. The van der Waals surface area contributed by atoms with Crippen LogP contribution in [0.3, 0.4) is 0 Å². The number of aldehydes is 1. The fourth-order valence-electron chi connectivity index (χ4n) is 7.77. The second-order valence-electron chi connectivity index (χ2n) is 17.0. The van der Waals surface area contributed by atoms with E-state index in [0.29, 0.717) is 17.2 Å². The van der Waals surface area contributed by atoms with Crippen LogP contribution >= 0.6 is 35.3 Å².